The molecule has 0 bridgehead atoms. The maximum Gasteiger partial charge on any atom is 0.328 e. The van der Waals surface area contributed by atoms with Gasteiger partial charge in [0.1, 0.15) is 11.6 Å². The molecule has 8 nitrogen and oxygen atoms in total. The Bertz CT molecular complexity index is 1730. The number of hydrogen-bond donors (Lipinski definition) is 1. The van der Waals surface area contributed by atoms with E-state index in [0.29, 0.717) is 22.2 Å². The first-order valence-electron chi connectivity index (χ1n) is 10.7. The molecule has 8 heteroatoms. The minimum atomic E-state index is -0.663. The van der Waals surface area contributed by atoms with Crippen molar-refractivity contribution in [1.29, 1.82) is 5.26 Å². The van der Waals surface area contributed by atoms with Crippen LogP contribution in [0.25, 0.3) is 17.1 Å². The molecule has 1 amide bonds. The molecule has 0 radical (unpaired) electrons. The maximum absolute atomic E-state index is 12.9. The number of fused-ring (bicyclic) bond motifs is 3. The standard InChI is InChI=1S/C27H18N4O4/c1-30-22-10-7-15(12-23(22)31(2)27(30)35)11-16(14-28)26(34)29-17-8-9-20-21(13-17)25(33)19-6-4-3-5-18(19)24(20)32/h3-13H,1-2H3,(H,29,34). The third-order valence-corrected chi connectivity index (χ3v) is 6.16. The highest BCUT2D eigenvalue weighted by molar-refractivity contribution is 6.28. The van der Waals surface area contributed by atoms with Crippen molar-refractivity contribution in [1.82, 2.24) is 9.13 Å². The number of anilines is 1. The third-order valence-electron chi connectivity index (χ3n) is 6.16. The van der Waals surface area contributed by atoms with Gasteiger partial charge in [-0.25, -0.2) is 4.79 Å². The van der Waals surface area contributed by atoms with E-state index in [1.54, 1.807) is 56.6 Å². The van der Waals surface area contributed by atoms with Gasteiger partial charge in [-0.2, -0.15) is 5.26 Å². The van der Waals surface area contributed by atoms with Crippen LogP contribution in [0.3, 0.4) is 0 Å². The van der Waals surface area contributed by atoms with Gasteiger partial charge in [-0.05, 0) is 42.0 Å². The molecule has 0 aliphatic heterocycles. The predicted molar refractivity (Wildman–Crippen MR) is 130 cm³/mol. The van der Waals surface area contributed by atoms with Crippen LogP contribution in [0.15, 0.2) is 71.0 Å². The number of amides is 1. The number of nitriles is 1. The summed E-state index contributed by atoms with van der Waals surface area (Å²) in [7, 11) is 3.32. The van der Waals surface area contributed by atoms with Crippen molar-refractivity contribution < 1.29 is 14.4 Å². The molecule has 0 spiro atoms. The Morgan fingerprint density at radius 3 is 2.14 bits per heavy atom. The van der Waals surface area contributed by atoms with Gasteiger partial charge < -0.3 is 5.32 Å². The number of carbonyl (C=O) groups excluding carboxylic acids is 3. The highest BCUT2D eigenvalue weighted by Crippen LogP contribution is 2.29. The van der Waals surface area contributed by atoms with Crippen molar-refractivity contribution in [2.75, 3.05) is 5.32 Å². The molecule has 1 N–H and O–H groups in total. The van der Waals surface area contributed by atoms with E-state index in [1.807, 2.05) is 6.07 Å². The Labute approximate surface area is 199 Å². The number of nitrogens with zero attached hydrogens (tertiary/aromatic N) is 3. The highest BCUT2D eigenvalue weighted by Gasteiger charge is 2.29. The summed E-state index contributed by atoms with van der Waals surface area (Å²) in [5.41, 5.74) is 3.06. The lowest BCUT2D eigenvalue weighted by molar-refractivity contribution is -0.112. The first-order valence-corrected chi connectivity index (χ1v) is 10.7. The lowest BCUT2D eigenvalue weighted by Crippen LogP contribution is -2.21. The Balaban J connectivity index is 1.45. The van der Waals surface area contributed by atoms with Gasteiger partial charge in [0, 0.05) is 42.0 Å². The first kappa shape index (κ1) is 21.8. The topological polar surface area (TPSA) is 114 Å². The molecule has 0 unspecified atom stereocenters. The summed E-state index contributed by atoms with van der Waals surface area (Å²) in [4.78, 5) is 50.7. The molecule has 4 aromatic rings. The lowest BCUT2D eigenvalue weighted by atomic mass is 9.84. The summed E-state index contributed by atoms with van der Waals surface area (Å²) in [6, 6.07) is 18.2. The fourth-order valence-corrected chi connectivity index (χ4v) is 4.30. The van der Waals surface area contributed by atoms with Crippen LogP contribution in [0.5, 0.6) is 0 Å². The fraction of sp³-hybridized carbons (Fsp3) is 0.0741. The largest absolute Gasteiger partial charge is 0.328 e. The molecular weight excluding hydrogens is 444 g/mol. The van der Waals surface area contributed by atoms with E-state index in [1.165, 1.54) is 33.4 Å². The van der Waals surface area contributed by atoms with Gasteiger partial charge in [-0.1, -0.05) is 30.3 Å². The van der Waals surface area contributed by atoms with Crippen LogP contribution in [0.2, 0.25) is 0 Å². The monoisotopic (exact) mass is 462 g/mol. The van der Waals surface area contributed by atoms with E-state index in [2.05, 4.69) is 5.32 Å². The number of benzene rings is 3. The molecule has 1 aliphatic carbocycles. The zero-order valence-electron chi connectivity index (χ0n) is 18.8. The molecule has 170 valence electrons. The van der Waals surface area contributed by atoms with Crippen molar-refractivity contribution in [3.05, 3.63) is 105 Å². The molecule has 0 saturated heterocycles. The molecule has 1 heterocycles. The number of ketones is 2. The first-order chi connectivity index (χ1) is 16.8. The number of carbonyl (C=O) groups is 3. The van der Waals surface area contributed by atoms with Crippen LogP contribution >= 0.6 is 0 Å². The van der Waals surface area contributed by atoms with Crippen molar-refractivity contribution in [3.63, 3.8) is 0 Å². The molecule has 0 saturated carbocycles. The molecule has 1 aromatic heterocycles. The van der Waals surface area contributed by atoms with Crippen LogP contribution < -0.4 is 11.0 Å². The van der Waals surface area contributed by atoms with Crippen molar-refractivity contribution in [3.8, 4) is 6.07 Å². The SMILES string of the molecule is Cn1c(=O)n(C)c2cc(C=C(C#N)C(=O)Nc3ccc4c(c3)C(=O)c3ccccc3C4=O)ccc21. The number of rotatable bonds is 3. The molecular formula is C27H18N4O4. The smallest absolute Gasteiger partial charge is 0.321 e. The zero-order valence-corrected chi connectivity index (χ0v) is 18.8. The van der Waals surface area contributed by atoms with E-state index in [4.69, 9.17) is 0 Å². The highest BCUT2D eigenvalue weighted by atomic mass is 16.2. The maximum atomic E-state index is 12.9. The van der Waals surface area contributed by atoms with Gasteiger partial charge in [0.15, 0.2) is 11.6 Å². The lowest BCUT2D eigenvalue weighted by Gasteiger charge is -2.18. The minimum absolute atomic E-state index is 0.157. The molecule has 1 aliphatic rings. The van der Waals surface area contributed by atoms with Crippen molar-refractivity contribution in [2.45, 2.75) is 0 Å². The average molecular weight is 462 g/mol. The number of nitrogens with one attached hydrogen (secondary N) is 1. The van der Waals surface area contributed by atoms with Gasteiger partial charge in [-0.3, -0.25) is 23.5 Å². The second-order valence-corrected chi connectivity index (χ2v) is 8.24. The Kier molecular flexibility index (Phi) is 5.03. The normalized spacial score (nSPS) is 12.8. The molecule has 0 atom stereocenters. The van der Waals surface area contributed by atoms with E-state index < -0.39 is 5.91 Å². The minimum Gasteiger partial charge on any atom is -0.321 e. The van der Waals surface area contributed by atoms with Gasteiger partial charge in [-0.15, -0.1) is 0 Å². The Morgan fingerprint density at radius 1 is 0.829 bits per heavy atom. The molecule has 3 aromatic carbocycles. The third kappa shape index (κ3) is 3.47. The average Bonchev–Trinajstić information content (AvgIpc) is 3.09. The van der Waals surface area contributed by atoms with Crippen LogP contribution in [-0.4, -0.2) is 26.6 Å². The summed E-state index contributed by atoms with van der Waals surface area (Å²) >= 11 is 0. The molecule has 0 fully saturated rings. The predicted octanol–water partition coefficient (Wildman–Crippen LogP) is 3.20. The van der Waals surface area contributed by atoms with E-state index in [0.717, 1.165) is 5.52 Å². The quantitative estimate of drug-likeness (QED) is 0.327. The van der Waals surface area contributed by atoms with Gasteiger partial charge >= 0.3 is 5.69 Å². The Hall–Kier alpha value is -5.03. The summed E-state index contributed by atoms with van der Waals surface area (Å²) in [6.07, 6.45) is 1.43. The van der Waals surface area contributed by atoms with Crippen LogP contribution in [0.1, 0.15) is 37.4 Å². The summed E-state index contributed by atoms with van der Waals surface area (Å²) in [5, 5.41) is 12.2. The van der Waals surface area contributed by atoms with Crippen LogP contribution in [0.4, 0.5) is 5.69 Å². The Morgan fingerprint density at radius 2 is 1.46 bits per heavy atom. The van der Waals surface area contributed by atoms with Gasteiger partial charge in [0.2, 0.25) is 0 Å². The van der Waals surface area contributed by atoms with E-state index in [9.17, 15) is 24.4 Å². The second kappa shape index (κ2) is 8.08. The second-order valence-electron chi connectivity index (χ2n) is 8.24. The summed E-state index contributed by atoms with van der Waals surface area (Å²) in [5.74, 6) is -1.22. The van der Waals surface area contributed by atoms with E-state index >= 15 is 0 Å². The fourth-order valence-electron chi connectivity index (χ4n) is 4.30. The number of aromatic nitrogens is 2. The van der Waals surface area contributed by atoms with Gasteiger partial charge in [0.25, 0.3) is 5.91 Å². The van der Waals surface area contributed by atoms with Crippen molar-refractivity contribution in [2.24, 2.45) is 14.1 Å². The van der Waals surface area contributed by atoms with Crippen LogP contribution in [0, 0.1) is 11.3 Å². The van der Waals surface area contributed by atoms with E-state index in [-0.39, 0.29) is 39.6 Å². The number of hydrogen-bond acceptors (Lipinski definition) is 5. The van der Waals surface area contributed by atoms with Crippen molar-refractivity contribution >= 4 is 40.3 Å². The van der Waals surface area contributed by atoms with Gasteiger partial charge in [0.05, 0.1) is 11.0 Å². The summed E-state index contributed by atoms with van der Waals surface area (Å²) < 4.78 is 3.00. The van der Waals surface area contributed by atoms with Crippen LogP contribution in [-0.2, 0) is 18.9 Å². The number of imidazole rings is 1. The zero-order chi connectivity index (χ0) is 24.9. The molecule has 35 heavy (non-hydrogen) atoms. The molecule has 5 rings (SSSR count). The number of aryl methyl sites for hydroxylation is 2. The summed E-state index contributed by atoms with van der Waals surface area (Å²) in [6.45, 7) is 0.